The van der Waals surface area contributed by atoms with E-state index in [4.69, 9.17) is 5.73 Å². The molecule has 3 unspecified atom stereocenters. The fraction of sp³-hybridized carbons (Fsp3) is 0.600. The summed E-state index contributed by atoms with van der Waals surface area (Å²) in [4.78, 5) is 2.58. The summed E-state index contributed by atoms with van der Waals surface area (Å²) in [5.74, 6) is 2.44. The van der Waals surface area contributed by atoms with Gasteiger partial charge in [-0.15, -0.1) is 0 Å². The zero-order chi connectivity index (χ0) is 13.1. The van der Waals surface area contributed by atoms with Crippen LogP contribution in [-0.4, -0.2) is 35.0 Å². The lowest BCUT2D eigenvalue weighted by molar-refractivity contribution is 0.143. The minimum atomic E-state index is 0.164. The predicted octanol–water partition coefficient (Wildman–Crippen LogP) is 2.82. The third-order valence-corrected chi connectivity index (χ3v) is 4.85. The van der Waals surface area contributed by atoms with Crippen molar-refractivity contribution in [1.82, 2.24) is 4.90 Å². The van der Waals surface area contributed by atoms with Crippen molar-refractivity contribution >= 4 is 11.8 Å². The van der Waals surface area contributed by atoms with Crippen LogP contribution in [0.5, 0.6) is 0 Å². The highest BCUT2D eigenvalue weighted by Gasteiger charge is 2.29. The van der Waals surface area contributed by atoms with E-state index >= 15 is 0 Å². The first-order chi connectivity index (χ1) is 8.59. The predicted molar refractivity (Wildman–Crippen MR) is 81.1 cm³/mol. The molecule has 18 heavy (non-hydrogen) atoms. The van der Waals surface area contributed by atoms with Gasteiger partial charge in [0.25, 0.3) is 0 Å². The van der Waals surface area contributed by atoms with Crippen molar-refractivity contribution in [2.45, 2.75) is 38.9 Å². The van der Waals surface area contributed by atoms with Crippen LogP contribution in [0.3, 0.4) is 0 Å². The molecule has 0 saturated carbocycles. The van der Waals surface area contributed by atoms with Crippen LogP contribution in [0.25, 0.3) is 0 Å². The van der Waals surface area contributed by atoms with Crippen LogP contribution in [0.4, 0.5) is 0 Å². The van der Waals surface area contributed by atoms with E-state index < -0.39 is 0 Å². The van der Waals surface area contributed by atoms with Crippen LogP contribution in [0.15, 0.2) is 24.3 Å². The Morgan fingerprint density at radius 2 is 2.22 bits per heavy atom. The first kappa shape index (κ1) is 13.9. The van der Waals surface area contributed by atoms with E-state index in [1.165, 1.54) is 22.6 Å². The zero-order valence-electron chi connectivity index (χ0n) is 11.6. The normalized spacial score (nSPS) is 24.8. The van der Waals surface area contributed by atoms with Gasteiger partial charge >= 0.3 is 0 Å². The van der Waals surface area contributed by atoms with Gasteiger partial charge in [0.2, 0.25) is 0 Å². The number of aryl methyl sites for hydroxylation is 1. The summed E-state index contributed by atoms with van der Waals surface area (Å²) in [6, 6.07) is 9.91. The van der Waals surface area contributed by atoms with E-state index in [2.05, 4.69) is 61.7 Å². The maximum Gasteiger partial charge on any atom is 0.0500 e. The van der Waals surface area contributed by atoms with E-state index in [0.717, 1.165) is 6.54 Å². The summed E-state index contributed by atoms with van der Waals surface area (Å²) in [5.41, 5.74) is 8.94. The minimum absolute atomic E-state index is 0.164. The third-order valence-electron chi connectivity index (χ3n) is 3.66. The number of hydrogen-bond donors (Lipinski definition) is 1. The van der Waals surface area contributed by atoms with E-state index in [9.17, 15) is 0 Å². The lowest BCUT2D eigenvalue weighted by atomic mass is 9.96. The van der Waals surface area contributed by atoms with Crippen molar-refractivity contribution < 1.29 is 0 Å². The van der Waals surface area contributed by atoms with Gasteiger partial charge in [0, 0.05) is 36.2 Å². The number of thioether (sulfide) groups is 1. The number of nitrogens with zero attached hydrogens (tertiary/aromatic N) is 1. The number of rotatable bonds is 3. The Balaban J connectivity index is 2.27. The highest BCUT2D eigenvalue weighted by molar-refractivity contribution is 7.99. The number of hydrogen-bond acceptors (Lipinski definition) is 3. The topological polar surface area (TPSA) is 29.3 Å². The SMILES string of the molecule is Cc1cccc(C(C(C)N)N2CCSCC2C)c1. The molecule has 0 amide bonds. The molecule has 1 aliphatic heterocycles. The van der Waals surface area contributed by atoms with Crippen molar-refractivity contribution in [2.75, 3.05) is 18.1 Å². The van der Waals surface area contributed by atoms with E-state index in [1.807, 2.05) is 0 Å². The van der Waals surface area contributed by atoms with Gasteiger partial charge in [0.05, 0.1) is 0 Å². The van der Waals surface area contributed by atoms with E-state index in [0.29, 0.717) is 12.1 Å². The summed E-state index contributed by atoms with van der Waals surface area (Å²) >= 11 is 2.05. The molecule has 1 saturated heterocycles. The van der Waals surface area contributed by atoms with Crippen LogP contribution in [-0.2, 0) is 0 Å². The van der Waals surface area contributed by atoms with Crippen LogP contribution in [0.1, 0.15) is 31.0 Å². The van der Waals surface area contributed by atoms with Gasteiger partial charge in [-0.25, -0.2) is 0 Å². The molecule has 1 aliphatic rings. The maximum absolute atomic E-state index is 6.26. The molecule has 1 aromatic carbocycles. The van der Waals surface area contributed by atoms with Crippen molar-refractivity contribution in [3.8, 4) is 0 Å². The lowest BCUT2D eigenvalue weighted by Gasteiger charge is -2.41. The van der Waals surface area contributed by atoms with E-state index in [1.54, 1.807) is 0 Å². The van der Waals surface area contributed by atoms with Crippen molar-refractivity contribution in [2.24, 2.45) is 5.73 Å². The Kier molecular flexibility index (Phi) is 4.71. The second kappa shape index (κ2) is 6.09. The molecule has 0 aliphatic carbocycles. The third kappa shape index (κ3) is 3.08. The fourth-order valence-corrected chi connectivity index (χ4v) is 3.84. The molecular weight excluding hydrogens is 240 g/mol. The van der Waals surface area contributed by atoms with Crippen LogP contribution >= 0.6 is 11.8 Å². The summed E-state index contributed by atoms with van der Waals surface area (Å²) < 4.78 is 0. The number of nitrogens with two attached hydrogens (primary N) is 1. The fourth-order valence-electron chi connectivity index (χ4n) is 2.80. The Labute approximate surface area is 115 Å². The molecule has 2 N–H and O–H groups in total. The Morgan fingerprint density at radius 3 is 2.83 bits per heavy atom. The van der Waals surface area contributed by atoms with Gasteiger partial charge in [-0.3, -0.25) is 4.90 Å². The average Bonchev–Trinajstić information content (AvgIpc) is 2.32. The molecule has 3 heteroatoms. The van der Waals surface area contributed by atoms with Crippen molar-refractivity contribution in [3.05, 3.63) is 35.4 Å². The van der Waals surface area contributed by atoms with E-state index in [-0.39, 0.29) is 6.04 Å². The molecule has 3 atom stereocenters. The number of benzene rings is 1. The standard InChI is InChI=1S/C15H24N2S/c1-11-5-4-6-14(9-11)15(13(3)16)17-7-8-18-10-12(17)2/h4-6,9,12-13,15H,7-8,10,16H2,1-3H3. The molecular formula is C15H24N2S. The molecule has 1 fully saturated rings. The van der Waals surface area contributed by atoms with Crippen LogP contribution in [0.2, 0.25) is 0 Å². The van der Waals surface area contributed by atoms with Gasteiger partial charge in [0.15, 0.2) is 0 Å². The molecule has 0 radical (unpaired) electrons. The Morgan fingerprint density at radius 1 is 1.44 bits per heavy atom. The van der Waals surface area contributed by atoms with Gasteiger partial charge in [-0.1, -0.05) is 29.8 Å². The lowest BCUT2D eigenvalue weighted by Crippen LogP contribution is -2.48. The van der Waals surface area contributed by atoms with Gasteiger partial charge < -0.3 is 5.73 Å². The molecule has 1 aromatic rings. The largest absolute Gasteiger partial charge is 0.326 e. The summed E-state index contributed by atoms with van der Waals surface area (Å²) in [6.45, 7) is 7.74. The second-order valence-corrected chi connectivity index (χ2v) is 6.53. The summed E-state index contributed by atoms with van der Waals surface area (Å²) in [7, 11) is 0. The Hall–Kier alpha value is -0.510. The smallest absolute Gasteiger partial charge is 0.0500 e. The van der Waals surface area contributed by atoms with Crippen molar-refractivity contribution in [1.29, 1.82) is 0 Å². The molecule has 0 spiro atoms. The molecule has 2 rings (SSSR count). The first-order valence-electron chi connectivity index (χ1n) is 6.75. The molecule has 100 valence electrons. The van der Waals surface area contributed by atoms with Crippen LogP contribution < -0.4 is 5.73 Å². The maximum atomic E-state index is 6.26. The monoisotopic (exact) mass is 264 g/mol. The molecule has 0 bridgehead atoms. The van der Waals surface area contributed by atoms with Crippen LogP contribution in [0, 0.1) is 6.92 Å². The highest BCUT2D eigenvalue weighted by atomic mass is 32.2. The Bertz CT molecular complexity index is 392. The molecule has 0 aromatic heterocycles. The second-order valence-electron chi connectivity index (χ2n) is 5.38. The summed E-state index contributed by atoms with van der Waals surface area (Å²) in [6.07, 6.45) is 0. The highest BCUT2D eigenvalue weighted by Crippen LogP contribution is 2.30. The summed E-state index contributed by atoms with van der Waals surface area (Å²) in [5, 5.41) is 0. The zero-order valence-corrected chi connectivity index (χ0v) is 12.4. The first-order valence-corrected chi connectivity index (χ1v) is 7.90. The minimum Gasteiger partial charge on any atom is -0.326 e. The molecule has 2 nitrogen and oxygen atoms in total. The van der Waals surface area contributed by atoms with Gasteiger partial charge in [0.1, 0.15) is 0 Å². The van der Waals surface area contributed by atoms with Crippen molar-refractivity contribution in [3.63, 3.8) is 0 Å². The molecule has 1 heterocycles. The average molecular weight is 264 g/mol. The van der Waals surface area contributed by atoms with Gasteiger partial charge in [-0.05, 0) is 26.3 Å². The quantitative estimate of drug-likeness (QED) is 0.910. The van der Waals surface area contributed by atoms with Gasteiger partial charge in [-0.2, -0.15) is 11.8 Å².